The Morgan fingerprint density at radius 1 is 1.17 bits per heavy atom. The Balaban J connectivity index is 1.36. The van der Waals surface area contributed by atoms with Crippen LogP contribution in [0.4, 0.5) is 5.69 Å². The predicted octanol–water partition coefficient (Wildman–Crippen LogP) is 3.72. The zero-order valence-corrected chi connectivity index (χ0v) is 17.3. The maximum atomic E-state index is 12.8. The highest BCUT2D eigenvalue weighted by Crippen LogP contribution is 2.34. The van der Waals surface area contributed by atoms with Crippen molar-refractivity contribution < 1.29 is 9.59 Å². The topological polar surface area (TPSA) is 75.2 Å². The van der Waals surface area contributed by atoms with Crippen molar-refractivity contribution in [3.63, 3.8) is 0 Å². The van der Waals surface area contributed by atoms with Crippen molar-refractivity contribution >= 4 is 40.6 Å². The molecule has 4 rings (SSSR count). The number of aromatic nitrogens is 2. The molecule has 2 heterocycles. The molecule has 1 aliphatic rings. The molecule has 0 aliphatic carbocycles. The Labute approximate surface area is 177 Å². The van der Waals surface area contributed by atoms with Crippen LogP contribution in [0.3, 0.4) is 0 Å². The van der Waals surface area contributed by atoms with E-state index in [1.807, 2.05) is 42.5 Å². The minimum absolute atomic E-state index is 0.0394. The van der Waals surface area contributed by atoms with E-state index < -0.39 is 0 Å². The minimum Gasteiger partial charge on any atom is -0.342 e. The van der Waals surface area contributed by atoms with Crippen LogP contribution in [0.5, 0.6) is 0 Å². The first kappa shape index (κ1) is 19.6. The molecule has 1 fully saturated rings. The van der Waals surface area contributed by atoms with Gasteiger partial charge in [-0.15, -0.1) is 10.2 Å². The van der Waals surface area contributed by atoms with Crippen molar-refractivity contribution in [2.75, 3.05) is 18.4 Å². The number of carbonyl (C=O) groups excluding carboxylic acids is 2. The third-order valence-electron chi connectivity index (χ3n) is 4.78. The quantitative estimate of drug-likeness (QED) is 0.626. The van der Waals surface area contributed by atoms with Crippen LogP contribution < -0.4 is 5.32 Å². The van der Waals surface area contributed by atoms with Gasteiger partial charge in [-0.2, -0.15) is 0 Å². The first-order valence-corrected chi connectivity index (χ1v) is 11.0. The summed E-state index contributed by atoms with van der Waals surface area (Å²) < 4.78 is 0.815. The molecule has 148 valence electrons. The van der Waals surface area contributed by atoms with Crippen molar-refractivity contribution in [3.05, 3.63) is 65.7 Å². The maximum absolute atomic E-state index is 12.8. The summed E-state index contributed by atoms with van der Waals surface area (Å²) in [6.07, 6.45) is 1.05. The van der Waals surface area contributed by atoms with Crippen molar-refractivity contribution in [3.8, 4) is 0 Å². The number of nitrogens with zero attached hydrogens (tertiary/aromatic N) is 3. The van der Waals surface area contributed by atoms with E-state index in [1.165, 1.54) is 28.7 Å². The fraction of sp³-hybridized carbons (Fsp3) is 0.238. The standard InChI is InChI=1S/C21H20N4O2S2/c26-19-12-16(13-25(19)11-10-15-6-2-1-3-7-15)20(27)23-17-8-4-5-9-18(17)29-21-24-22-14-28-21/h1-9,14,16H,10-13H2,(H,23,27). The molecule has 1 atom stereocenters. The fourth-order valence-electron chi connectivity index (χ4n) is 3.27. The molecule has 0 saturated carbocycles. The third kappa shape index (κ3) is 5.02. The van der Waals surface area contributed by atoms with Crippen LogP contribution in [0, 0.1) is 5.92 Å². The van der Waals surface area contributed by atoms with Crippen LogP contribution in [0.15, 0.2) is 69.3 Å². The molecule has 0 spiro atoms. The average Bonchev–Trinajstić information content (AvgIpc) is 3.38. The number of anilines is 1. The van der Waals surface area contributed by atoms with Gasteiger partial charge in [0.25, 0.3) is 0 Å². The molecule has 1 saturated heterocycles. The molecule has 2 amide bonds. The normalized spacial score (nSPS) is 16.2. The first-order valence-electron chi connectivity index (χ1n) is 9.34. The SMILES string of the molecule is O=C(Nc1ccccc1Sc1nncs1)C1CC(=O)N(CCc2ccccc2)C1. The van der Waals surface area contributed by atoms with E-state index in [1.54, 1.807) is 10.4 Å². The zero-order valence-electron chi connectivity index (χ0n) is 15.7. The van der Waals surface area contributed by atoms with E-state index in [2.05, 4.69) is 27.6 Å². The molecule has 0 radical (unpaired) electrons. The number of rotatable bonds is 7. The van der Waals surface area contributed by atoms with Crippen LogP contribution in [-0.2, 0) is 16.0 Å². The lowest BCUT2D eigenvalue weighted by Gasteiger charge is -2.17. The van der Waals surface area contributed by atoms with Gasteiger partial charge in [0.2, 0.25) is 11.8 Å². The van der Waals surface area contributed by atoms with Crippen LogP contribution in [0.2, 0.25) is 0 Å². The highest BCUT2D eigenvalue weighted by Gasteiger charge is 2.34. The summed E-state index contributed by atoms with van der Waals surface area (Å²) in [6, 6.07) is 17.7. The van der Waals surface area contributed by atoms with E-state index >= 15 is 0 Å². The molecule has 1 N–H and O–H groups in total. The molecular formula is C21H20N4O2S2. The van der Waals surface area contributed by atoms with E-state index in [-0.39, 0.29) is 24.2 Å². The number of likely N-dealkylation sites (tertiary alicyclic amines) is 1. The monoisotopic (exact) mass is 424 g/mol. The molecule has 8 heteroatoms. The number of benzene rings is 2. The summed E-state index contributed by atoms with van der Waals surface area (Å²) in [5, 5.41) is 10.9. The van der Waals surface area contributed by atoms with Crippen LogP contribution in [0.25, 0.3) is 0 Å². The summed E-state index contributed by atoms with van der Waals surface area (Å²) in [6.45, 7) is 1.10. The largest absolute Gasteiger partial charge is 0.342 e. The summed E-state index contributed by atoms with van der Waals surface area (Å²) in [5.74, 6) is -0.415. The smallest absolute Gasteiger partial charge is 0.229 e. The molecule has 3 aromatic rings. The van der Waals surface area contributed by atoms with Gasteiger partial charge in [0.05, 0.1) is 11.6 Å². The second kappa shape index (κ2) is 9.19. The van der Waals surface area contributed by atoms with Crippen molar-refractivity contribution in [1.82, 2.24) is 15.1 Å². The summed E-state index contributed by atoms with van der Waals surface area (Å²) in [7, 11) is 0. The predicted molar refractivity (Wildman–Crippen MR) is 114 cm³/mol. The number of para-hydroxylation sites is 1. The Hall–Kier alpha value is -2.71. The Kier molecular flexibility index (Phi) is 6.21. The van der Waals surface area contributed by atoms with Gasteiger partial charge in [-0.25, -0.2) is 0 Å². The van der Waals surface area contributed by atoms with Gasteiger partial charge in [0.1, 0.15) is 5.51 Å². The molecule has 2 aromatic carbocycles. The van der Waals surface area contributed by atoms with Gasteiger partial charge in [0.15, 0.2) is 4.34 Å². The second-order valence-corrected chi connectivity index (χ2v) is 8.89. The van der Waals surface area contributed by atoms with Gasteiger partial charge in [-0.1, -0.05) is 65.6 Å². The average molecular weight is 425 g/mol. The van der Waals surface area contributed by atoms with Gasteiger partial charge >= 0.3 is 0 Å². The fourth-order valence-corrected chi connectivity index (χ4v) is 4.79. The summed E-state index contributed by atoms with van der Waals surface area (Å²) in [5.41, 5.74) is 3.60. The van der Waals surface area contributed by atoms with Crippen molar-refractivity contribution in [2.45, 2.75) is 22.1 Å². The second-order valence-electron chi connectivity index (χ2n) is 6.77. The summed E-state index contributed by atoms with van der Waals surface area (Å²) >= 11 is 2.92. The van der Waals surface area contributed by atoms with E-state index in [0.717, 1.165) is 21.3 Å². The highest BCUT2D eigenvalue weighted by molar-refractivity contribution is 8.01. The summed E-state index contributed by atoms with van der Waals surface area (Å²) in [4.78, 5) is 27.9. The lowest BCUT2D eigenvalue weighted by Crippen LogP contribution is -2.30. The number of nitrogens with one attached hydrogen (secondary N) is 1. The Morgan fingerprint density at radius 3 is 2.76 bits per heavy atom. The number of hydrogen-bond acceptors (Lipinski definition) is 6. The number of amides is 2. The molecule has 1 aromatic heterocycles. The highest BCUT2D eigenvalue weighted by atomic mass is 32.2. The maximum Gasteiger partial charge on any atom is 0.229 e. The Morgan fingerprint density at radius 2 is 1.97 bits per heavy atom. The van der Waals surface area contributed by atoms with Gasteiger partial charge in [-0.3, -0.25) is 9.59 Å². The molecule has 29 heavy (non-hydrogen) atoms. The van der Waals surface area contributed by atoms with E-state index in [0.29, 0.717) is 13.1 Å². The van der Waals surface area contributed by atoms with Gasteiger partial charge < -0.3 is 10.2 Å². The van der Waals surface area contributed by atoms with Crippen LogP contribution in [0.1, 0.15) is 12.0 Å². The molecule has 1 aliphatic heterocycles. The van der Waals surface area contributed by atoms with Gasteiger partial charge in [0, 0.05) is 24.4 Å². The van der Waals surface area contributed by atoms with Gasteiger partial charge in [-0.05, 0) is 24.1 Å². The molecule has 1 unspecified atom stereocenters. The van der Waals surface area contributed by atoms with Crippen LogP contribution >= 0.6 is 23.1 Å². The zero-order chi connectivity index (χ0) is 20.1. The minimum atomic E-state index is -0.335. The van der Waals surface area contributed by atoms with Crippen LogP contribution in [-0.4, -0.2) is 40.0 Å². The van der Waals surface area contributed by atoms with E-state index in [9.17, 15) is 9.59 Å². The van der Waals surface area contributed by atoms with Crippen molar-refractivity contribution in [2.24, 2.45) is 5.92 Å². The lowest BCUT2D eigenvalue weighted by atomic mass is 10.1. The van der Waals surface area contributed by atoms with Crippen molar-refractivity contribution in [1.29, 1.82) is 0 Å². The molecular weight excluding hydrogens is 404 g/mol. The Bertz CT molecular complexity index is 979. The van der Waals surface area contributed by atoms with E-state index in [4.69, 9.17) is 0 Å². The number of hydrogen-bond donors (Lipinski definition) is 1. The lowest BCUT2D eigenvalue weighted by molar-refractivity contribution is -0.128. The first-order chi connectivity index (χ1) is 14.2. The molecule has 0 bridgehead atoms. The third-order valence-corrected chi connectivity index (χ3v) is 6.63. The molecule has 6 nitrogen and oxygen atoms in total. The number of carbonyl (C=O) groups is 2.